The van der Waals surface area contributed by atoms with Crippen LogP contribution in [-0.2, 0) is 10.8 Å². The number of hydrogen-bond donors (Lipinski definition) is 1. The summed E-state index contributed by atoms with van der Waals surface area (Å²) in [5, 5.41) is 2.70. The van der Waals surface area contributed by atoms with Gasteiger partial charge in [0.25, 0.3) is 5.91 Å². The highest BCUT2D eigenvalue weighted by molar-refractivity contribution is 7.84. The highest BCUT2D eigenvalue weighted by atomic mass is 32.2. The molecule has 1 aromatic carbocycles. The fraction of sp³-hybridized carbons (Fsp3) is 0.300. The lowest BCUT2D eigenvalue weighted by atomic mass is 10.2. The smallest absolute Gasteiger partial charge is 0.251 e. The Morgan fingerprint density at radius 2 is 2.00 bits per heavy atom. The molecule has 0 spiro atoms. The summed E-state index contributed by atoms with van der Waals surface area (Å²) in [7, 11) is -0.853. The van der Waals surface area contributed by atoms with Crippen LogP contribution in [0.4, 0.5) is 0 Å². The monoisotopic (exact) mass is 211 g/mol. The second kappa shape index (κ2) is 5.54. The zero-order chi connectivity index (χ0) is 10.4. The van der Waals surface area contributed by atoms with Crippen molar-refractivity contribution in [3.8, 4) is 0 Å². The Kier molecular flexibility index (Phi) is 4.32. The van der Waals surface area contributed by atoms with Crippen molar-refractivity contribution < 1.29 is 9.00 Å². The second-order valence-electron chi connectivity index (χ2n) is 2.90. The van der Waals surface area contributed by atoms with Gasteiger partial charge < -0.3 is 5.32 Å². The van der Waals surface area contributed by atoms with Crippen molar-refractivity contribution in [1.82, 2.24) is 5.32 Å². The van der Waals surface area contributed by atoms with Crippen LogP contribution in [0, 0.1) is 0 Å². The standard InChI is InChI=1S/C10H13NO2S/c1-14(13)8-7-11-10(12)9-5-3-2-4-6-9/h2-6H,7-8H2,1H3,(H,11,12). The van der Waals surface area contributed by atoms with Gasteiger partial charge in [0.1, 0.15) is 0 Å². The van der Waals surface area contributed by atoms with Gasteiger partial charge in [-0.15, -0.1) is 0 Å². The first kappa shape index (κ1) is 10.9. The van der Waals surface area contributed by atoms with Crippen molar-refractivity contribution in [2.24, 2.45) is 0 Å². The highest BCUT2D eigenvalue weighted by Crippen LogP contribution is 1.97. The molecule has 3 nitrogen and oxygen atoms in total. The highest BCUT2D eigenvalue weighted by Gasteiger charge is 2.02. The molecule has 0 saturated carbocycles. The molecule has 0 aliphatic rings. The third-order valence-electron chi connectivity index (χ3n) is 1.71. The molecule has 1 N–H and O–H groups in total. The predicted molar refractivity (Wildman–Crippen MR) is 57.7 cm³/mol. The quantitative estimate of drug-likeness (QED) is 0.800. The van der Waals surface area contributed by atoms with Gasteiger partial charge in [0.15, 0.2) is 0 Å². The van der Waals surface area contributed by atoms with Crippen molar-refractivity contribution in [3.63, 3.8) is 0 Å². The van der Waals surface area contributed by atoms with Gasteiger partial charge >= 0.3 is 0 Å². The van der Waals surface area contributed by atoms with E-state index in [0.29, 0.717) is 17.9 Å². The summed E-state index contributed by atoms with van der Waals surface area (Å²) in [6, 6.07) is 8.98. The molecule has 1 atom stereocenters. The topological polar surface area (TPSA) is 46.2 Å². The summed E-state index contributed by atoms with van der Waals surface area (Å²) in [5.74, 6) is 0.384. The maximum Gasteiger partial charge on any atom is 0.251 e. The lowest BCUT2D eigenvalue weighted by molar-refractivity contribution is 0.0956. The molecule has 1 rings (SSSR count). The van der Waals surface area contributed by atoms with Crippen molar-refractivity contribution in [3.05, 3.63) is 35.9 Å². The molecule has 0 heterocycles. The lowest BCUT2D eigenvalue weighted by Crippen LogP contribution is -2.27. The van der Waals surface area contributed by atoms with Crippen molar-refractivity contribution >= 4 is 16.7 Å². The second-order valence-corrected chi connectivity index (χ2v) is 4.45. The average molecular weight is 211 g/mol. The lowest BCUT2D eigenvalue weighted by Gasteiger charge is -2.02. The van der Waals surface area contributed by atoms with Crippen LogP contribution >= 0.6 is 0 Å². The Balaban J connectivity index is 2.40. The van der Waals surface area contributed by atoms with E-state index in [4.69, 9.17) is 0 Å². The molecule has 0 aliphatic carbocycles. The molecule has 76 valence electrons. The van der Waals surface area contributed by atoms with Gasteiger partial charge in [-0.2, -0.15) is 0 Å². The molecule has 0 aromatic heterocycles. The van der Waals surface area contributed by atoms with Crippen LogP contribution in [-0.4, -0.2) is 28.7 Å². The van der Waals surface area contributed by atoms with Crippen LogP contribution in [0.1, 0.15) is 10.4 Å². The molecular formula is C10H13NO2S. The van der Waals surface area contributed by atoms with E-state index in [1.807, 2.05) is 18.2 Å². The van der Waals surface area contributed by atoms with E-state index in [2.05, 4.69) is 5.32 Å². The number of carbonyl (C=O) groups excluding carboxylic acids is 1. The fourth-order valence-electron chi connectivity index (χ4n) is 1.000. The van der Waals surface area contributed by atoms with Gasteiger partial charge in [-0.3, -0.25) is 9.00 Å². The van der Waals surface area contributed by atoms with E-state index in [-0.39, 0.29) is 5.91 Å². The molecule has 1 amide bonds. The Hall–Kier alpha value is -1.16. The number of hydrogen-bond acceptors (Lipinski definition) is 2. The van der Waals surface area contributed by atoms with Gasteiger partial charge in [-0.25, -0.2) is 0 Å². The summed E-state index contributed by atoms with van der Waals surface area (Å²) in [6.07, 6.45) is 1.62. The summed E-state index contributed by atoms with van der Waals surface area (Å²) in [6.45, 7) is 0.455. The van der Waals surface area contributed by atoms with Gasteiger partial charge in [-0.1, -0.05) is 18.2 Å². The predicted octanol–water partition coefficient (Wildman–Crippen LogP) is 0.795. The maximum absolute atomic E-state index is 11.4. The van der Waals surface area contributed by atoms with E-state index in [0.717, 1.165) is 0 Å². The Bertz CT molecular complexity index is 324. The molecule has 0 aliphatic heterocycles. The molecular weight excluding hydrogens is 198 g/mol. The van der Waals surface area contributed by atoms with E-state index in [9.17, 15) is 9.00 Å². The molecule has 0 fully saturated rings. The van der Waals surface area contributed by atoms with Crippen LogP contribution in [0.5, 0.6) is 0 Å². The summed E-state index contributed by atoms with van der Waals surface area (Å²) in [5.41, 5.74) is 0.634. The fourth-order valence-corrected chi connectivity index (χ4v) is 1.39. The van der Waals surface area contributed by atoms with Gasteiger partial charge in [0.05, 0.1) is 0 Å². The van der Waals surface area contributed by atoms with Crippen LogP contribution in [0.2, 0.25) is 0 Å². The Morgan fingerprint density at radius 3 is 2.57 bits per heavy atom. The number of benzene rings is 1. The zero-order valence-electron chi connectivity index (χ0n) is 8.03. The number of nitrogens with one attached hydrogen (secondary N) is 1. The molecule has 0 bridgehead atoms. The third kappa shape index (κ3) is 3.70. The van der Waals surface area contributed by atoms with Gasteiger partial charge in [0, 0.05) is 34.9 Å². The first-order valence-electron chi connectivity index (χ1n) is 4.33. The minimum Gasteiger partial charge on any atom is -0.351 e. The molecule has 4 heteroatoms. The maximum atomic E-state index is 11.4. The Labute approximate surface area is 86.0 Å². The molecule has 14 heavy (non-hydrogen) atoms. The van der Waals surface area contributed by atoms with Gasteiger partial charge in [-0.05, 0) is 12.1 Å². The van der Waals surface area contributed by atoms with Crippen LogP contribution in [0.15, 0.2) is 30.3 Å². The minimum atomic E-state index is -0.853. The van der Waals surface area contributed by atoms with Crippen molar-refractivity contribution in [2.75, 3.05) is 18.6 Å². The van der Waals surface area contributed by atoms with Crippen LogP contribution in [0.25, 0.3) is 0 Å². The van der Waals surface area contributed by atoms with Crippen LogP contribution in [0.3, 0.4) is 0 Å². The average Bonchev–Trinajstić information content (AvgIpc) is 2.18. The molecule has 1 unspecified atom stereocenters. The third-order valence-corrected chi connectivity index (χ3v) is 2.49. The van der Waals surface area contributed by atoms with E-state index in [1.54, 1.807) is 18.4 Å². The zero-order valence-corrected chi connectivity index (χ0v) is 8.84. The van der Waals surface area contributed by atoms with Crippen molar-refractivity contribution in [2.45, 2.75) is 0 Å². The van der Waals surface area contributed by atoms with E-state index >= 15 is 0 Å². The molecule has 0 radical (unpaired) electrons. The normalized spacial score (nSPS) is 12.1. The van der Waals surface area contributed by atoms with Gasteiger partial charge in [0.2, 0.25) is 0 Å². The van der Waals surface area contributed by atoms with Crippen LogP contribution < -0.4 is 5.32 Å². The largest absolute Gasteiger partial charge is 0.351 e. The first-order chi connectivity index (χ1) is 6.70. The SMILES string of the molecule is CS(=O)CCNC(=O)c1ccccc1. The Morgan fingerprint density at radius 1 is 1.36 bits per heavy atom. The van der Waals surface area contributed by atoms with E-state index in [1.165, 1.54) is 0 Å². The summed E-state index contributed by atoms with van der Waals surface area (Å²) < 4.78 is 10.7. The summed E-state index contributed by atoms with van der Waals surface area (Å²) in [4.78, 5) is 11.4. The van der Waals surface area contributed by atoms with E-state index < -0.39 is 10.8 Å². The number of rotatable bonds is 4. The van der Waals surface area contributed by atoms with Crippen molar-refractivity contribution in [1.29, 1.82) is 0 Å². The summed E-state index contributed by atoms with van der Waals surface area (Å²) >= 11 is 0. The minimum absolute atomic E-state index is 0.115. The number of amides is 1. The molecule has 1 aromatic rings. The first-order valence-corrected chi connectivity index (χ1v) is 6.06. The number of carbonyl (C=O) groups is 1. The molecule has 0 saturated heterocycles.